The second-order valence-electron chi connectivity index (χ2n) is 6.43. The number of nitrogens with zero attached hydrogens (tertiary/aromatic N) is 1. The van der Waals surface area contributed by atoms with Crippen LogP contribution in [0.1, 0.15) is 67.6 Å². The molecule has 2 atom stereocenters. The number of hydrogen-bond donors (Lipinski definition) is 1. The molecule has 1 N–H and O–H groups in total. The van der Waals surface area contributed by atoms with Crippen LogP contribution in [0.3, 0.4) is 0 Å². The highest BCUT2D eigenvalue weighted by Crippen LogP contribution is 2.30. The number of aromatic carboxylic acids is 1. The van der Waals surface area contributed by atoms with Crippen LogP contribution in [0.15, 0.2) is 24.3 Å². The summed E-state index contributed by atoms with van der Waals surface area (Å²) < 4.78 is 0. The Balaban J connectivity index is 2.53. The zero-order valence-electron chi connectivity index (χ0n) is 14.8. The number of carboxylic acid groups (broad SMARTS) is 1. The number of Topliss-reactive ketones (excluding diaryl/α,β-unsaturated/α-hetero) is 1. The molecule has 0 aliphatic rings. The van der Waals surface area contributed by atoms with E-state index in [-0.39, 0.29) is 23.2 Å². The third kappa shape index (κ3) is 3.64. The maximum atomic E-state index is 12.8. The molecular formula is C20H25NO3. The van der Waals surface area contributed by atoms with E-state index in [9.17, 15) is 9.59 Å². The molecule has 128 valence electrons. The minimum absolute atomic E-state index is 0.0334. The second-order valence-corrected chi connectivity index (χ2v) is 6.43. The van der Waals surface area contributed by atoms with Crippen molar-refractivity contribution in [3.63, 3.8) is 0 Å². The van der Waals surface area contributed by atoms with Gasteiger partial charge in [0.15, 0.2) is 0 Å². The molecule has 0 spiro atoms. The van der Waals surface area contributed by atoms with Crippen molar-refractivity contribution < 1.29 is 14.7 Å². The number of carbonyl (C=O) groups excluding carboxylic acids is 1. The number of aromatic nitrogens is 1. The maximum absolute atomic E-state index is 12.8. The first kappa shape index (κ1) is 18.1. The van der Waals surface area contributed by atoms with E-state index in [1.165, 1.54) is 0 Å². The number of rotatable bonds is 7. The van der Waals surface area contributed by atoms with Crippen molar-refractivity contribution >= 4 is 22.7 Å². The van der Waals surface area contributed by atoms with Gasteiger partial charge in [-0.3, -0.25) is 9.78 Å². The predicted molar refractivity (Wildman–Crippen MR) is 95.6 cm³/mol. The Hall–Kier alpha value is -2.23. The standard InChI is InChI=1S/C20H25NO3/c1-5-7-16(19(22)12(3)6-2)17-10-14-8-9-15(20(23)24)11-18(14)21-13(17)4/h8-12,16H,5-7H2,1-4H3,(H,23,24). The molecule has 0 radical (unpaired) electrons. The van der Waals surface area contributed by atoms with Gasteiger partial charge in [0, 0.05) is 22.9 Å². The van der Waals surface area contributed by atoms with Gasteiger partial charge in [-0.15, -0.1) is 0 Å². The Labute approximate surface area is 142 Å². The summed E-state index contributed by atoms with van der Waals surface area (Å²) >= 11 is 0. The molecule has 0 fully saturated rings. The average Bonchev–Trinajstić information content (AvgIpc) is 2.57. The highest BCUT2D eigenvalue weighted by molar-refractivity contribution is 5.94. The van der Waals surface area contributed by atoms with E-state index < -0.39 is 5.97 Å². The van der Waals surface area contributed by atoms with Crippen molar-refractivity contribution in [3.8, 4) is 0 Å². The van der Waals surface area contributed by atoms with Gasteiger partial charge in [-0.2, -0.15) is 0 Å². The molecule has 0 bridgehead atoms. The fourth-order valence-electron chi connectivity index (χ4n) is 3.05. The molecule has 0 amide bonds. The number of carboxylic acids is 1. The Kier molecular flexibility index (Phi) is 5.71. The number of carbonyl (C=O) groups is 2. The summed E-state index contributed by atoms with van der Waals surface area (Å²) in [5.41, 5.74) is 2.66. The van der Waals surface area contributed by atoms with E-state index >= 15 is 0 Å². The topological polar surface area (TPSA) is 67.3 Å². The maximum Gasteiger partial charge on any atom is 0.335 e. The Bertz CT molecular complexity index is 767. The molecular weight excluding hydrogens is 302 g/mol. The summed E-state index contributed by atoms with van der Waals surface area (Å²) in [6, 6.07) is 6.94. The second kappa shape index (κ2) is 7.56. The van der Waals surface area contributed by atoms with Gasteiger partial charge in [-0.25, -0.2) is 4.79 Å². The number of benzene rings is 1. The zero-order chi connectivity index (χ0) is 17.9. The molecule has 0 aliphatic carbocycles. The van der Waals surface area contributed by atoms with Crippen LogP contribution >= 0.6 is 0 Å². The van der Waals surface area contributed by atoms with Gasteiger partial charge in [0.05, 0.1) is 11.1 Å². The van der Waals surface area contributed by atoms with Gasteiger partial charge in [0.1, 0.15) is 5.78 Å². The highest BCUT2D eigenvalue weighted by atomic mass is 16.4. The summed E-state index contributed by atoms with van der Waals surface area (Å²) in [4.78, 5) is 28.5. The van der Waals surface area contributed by atoms with Crippen molar-refractivity contribution in [2.45, 2.75) is 52.9 Å². The Morgan fingerprint density at radius 1 is 1.21 bits per heavy atom. The summed E-state index contributed by atoms with van der Waals surface area (Å²) in [5.74, 6) is -0.797. The van der Waals surface area contributed by atoms with Gasteiger partial charge in [-0.1, -0.05) is 33.3 Å². The fourth-order valence-corrected chi connectivity index (χ4v) is 3.05. The lowest BCUT2D eigenvalue weighted by atomic mass is 9.83. The van der Waals surface area contributed by atoms with Crippen LogP contribution in [-0.2, 0) is 4.79 Å². The largest absolute Gasteiger partial charge is 0.478 e. The fraction of sp³-hybridized carbons (Fsp3) is 0.450. The molecule has 4 nitrogen and oxygen atoms in total. The van der Waals surface area contributed by atoms with Gasteiger partial charge in [0.25, 0.3) is 0 Å². The third-order valence-corrected chi connectivity index (χ3v) is 4.69. The minimum atomic E-state index is -0.962. The quantitative estimate of drug-likeness (QED) is 0.797. The van der Waals surface area contributed by atoms with E-state index in [2.05, 4.69) is 11.9 Å². The summed E-state index contributed by atoms with van der Waals surface area (Å²) in [5, 5.41) is 9.99. The van der Waals surface area contributed by atoms with E-state index in [0.29, 0.717) is 5.52 Å². The minimum Gasteiger partial charge on any atom is -0.478 e. The molecule has 4 heteroatoms. The van der Waals surface area contributed by atoms with Crippen LogP contribution in [0.5, 0.6) is 0 Å². The zero-order valence-corrected chi connectivity index (χ0v) is 14.8. The van der Waals surface area contributed by atoms with Crippen LogP contribution in [-0.4, -0.2) is 21.8 Å². The van der Waals surface area contributed by atoms with E-state index in [1.807, 2.05) is 26.8 Å². The van der Waals surface area contributed by atoms with Gasteiger partial charge in [-0.05, 0) is 43.5 Å². The van der Waals surface area contributed by atoms with Crippen molar-refractivity contribution in [2.75, 3.05) is 0 Å². The monoisotopic (exact) mass is 327 g/mol. The first-order valence-corrected chi connectivity index (χ1v) is 8.57. The SMILES string of the molecule is CCCC(C(=O)C(C)CC)c1cc2ccc(C(=O)O)cc2nc1C. The molecule has 1 aromatic heterocycles. The van der Waals surface area contributed by atoms with Crippen molar-refractivity contribution in [1.29, 1.82) is 0 Å². The molecule has 2 rings (SSSR count). The van der Waals surface area contributed by atoms with Crippen LogP contribution in [0.4, 0.5) is 0 Å². The van der Waals surface area contributed by atoms with E-state index in [0.717, 1.165) is 35.9 Å². The van der Waals surface area contributed by atoms with Gasteiger partial charge >= 0.3 is 5.97 Å². The molecule has 2 aromatic rings. The smallest absolute Gasteiger partial charge is 0.335 e. The molecule has 24 heavy (non-hydrogen) atoms. The van der Waals surface area contributed by atoms with E-state index in [1.54, 1.807) is 18.2 Å². The molecule has 0 saturated heterocycles. The Morgan fingerprint density at radius 3 is 2.50 bits per heavy atom. The number of hydrogen-bond acceptors (Lipinski definition) is 3. The first-order chi connectivity index (χ1) is 11.4. The lowest BCUT2D eigenvalue weighted by molar-refractivity contribution is -0.124. The Morgan fingerprint density at radius 2 is 1.92 bits per heavy atom. The number of ketones is 1. The van der Waals surface area contributed by atoms with Crippen LogP contribution < -0.4 is 0 Å². The molecule has 2 unspecified atom stereocenters. The van der Waals surface area contributed by atoms with Gasteiger partial charge < -0.3 is 5.11 Å². The lowest BCUT2D eigenvalue weighted by Gasteiger charge is -2.21. The van der Waals surface area contributed by atoms with Crippen molar-refractivity contribution in [1.82, 2.24) is 4.98 Å². The predicted octanol–water partition coefficient (Wildman–Crippen LogP) is 4.74. The van der Waals surface area contributed by atoms with Gasteiger partial charge in [0.2, 0.25) is 0 Å². The normalized spacial score (nSPS) is 13.7. The van der Waals surface area contributed by atoms with Crippen molar-refractivity contribution in [2.24, 2.45) is 5.92 Å². The summed E-state index contributed by atoms with van der Waals surface area (Å²) in [7, 11) is 0. The number of pyridine rings is 1. The number of fused-ring (bicyclic) bond motifs is 1. The van der Waals surface area contributed by atoms with E-state index in [4.69, 9.17) is 5.11 Å². The molecule has 0 aliphatic heterocycles. The molecule has 1 aromatic carbocycles. The van der Waals surface area contributed by atoms with Crippen molar-refractivity contribution in [3.05, 3.63) is 41.1 Å². The summed E-state index contributed by atoms with van der Waals surface area (Å²) in [6.45, 7) is 7.99. The van der Waals surface area contributed by atoms with Crippen LogP contribution in [0.2, 0.25) is 0 Å². The number of aryl methyl sites for hydroxylation is 1. The summed E-state index contributed by atoms with van der Waals surface area (Å²) in [6.07, 6.45) is 2.58. The third-order valence-electron chi connectivity index (χ3n) is 4.69. The highest BCUT2D eigenvalue weighted by Gasteiger charge is 2.26. The molecule has 1 heterocycles. The van der Waals surface area contributed by atoms with Crippen LogP contribution in [0, 0.1) is 12.8 Å². The van der Waals surface area contributed by atoms with Crippen LogP contribution in [0.25, 0.3) is 10.9 Å². The average molecular weight is 327 g/mol. The lowest BCUT2D eigenvalue weighted by Crippen LogP contribution is -2.21. The molecule has 0 saturated carbocycles. The first-order valence-electron chi connectivity index (χ1n) is 8.57.